The molecule has 86 valence electrons. The molecule has 0 aliphatic heterocycles. The van der Waals surface area contributed by atoms with E-state index in [1.165, 1.54) is 19.4 Å². The maximum absolute atomic E-state index is 10.8. The molecular formula is C12H20O3. The highest BCUT2D eigenvalue weighted by molar-refractivity contribution is 5.66. The molecule has 0 aromatic heterocycles. The molecule has 0 amide bonds. The summed E-state index contributed by atoms with van der Waals surface area (Å²) >= 11 is 0. The van der Waals surface area contributed by atoms with Gasteiger partial charge < -0.3 is 9.84 Å². The molecule has 0 heterocycles. The fourth-order valence-electron chi connectivity index (χ4n) is 2.19. The lowest BCUT2D eigenvalue weighted by Crippen LogP contribution is -2.36. The molecule has 0 saturated heterocycles. The molecule has 1 N–H and O–H groups in total. The summed E-state index contributed by atoms with van der Waals surface area (Å²) in [5, 5.41) is 10.0. The van der Waals surface area contributed by atoms with Crippen LogP contribution in [0.2, 0.25) is 0 Å². The van der Waals surface area contributed by atoms with Gasteiger partial charge in [-0.15, -0.1) is 0 Å². The fourth-order valence-corrected chi connectivity index (χ4v) is 2.19. The van der Waals surface area contributed by atoms with Gasteiger partial charge in [0.25, 0.3) is 0 Å². The molecule has 0 spiro atoms. The Morgan fingerprint density at radius 3 is 2.53 bits per heavy atom. The average molecular weight is 212 g/mol. The van der Waals surface area contributed by atoms with Crippen molar-refractivity contribution in [1.29, 1.82) is 0 Å². The van der Waals surface area contributed by atoms with Gasteiger partial charge in [-0.25, -0.2) is 0 Å². The van der Waals surface area contributed by atoms with Gasteiger partial charge in [-0.1, -0.05) is 25.8 Å². The Morgan fingerprint density at radius 2 is 2.07 bits per heavy atom. The molecule has 0 aromatic carbocycles. The Hall–Kier alpha value is -0.830. The van der Waals surface area contributed by atoms with E-state index in [-0.39, 0.29) is 11.9 Å². The lowest BCUT2D eigenvalue weighted by atomic mass is 9.83. The van der Waals surface area contributed by atoms with Crippen LogP contribution in [0.3, 0.4) is 0 Å². The summed E-state index contributed by atoms with van der Waals surface area (Å²) < 4.78 is 5.01. The minimum atomic E-state index is -0.591. The van der Waals surface area contributed by atoms with E-state index in [0.717, 1.165) is 25.7 Å². The third-order valence-corrected chi connectivity index (χ3v) is 3.00. The van der Waals surface area contributed by atoms with Crippen molar-refractivity contribution in [3.63, 3.8) is 0 Å². The number of aliphatic hydroxyl groups excluding tert-OH is 1. The minimum absolute atomic E-state index is 0.251. The van der Waals surface area contributed by atoms with Crippen LogP contribution in [0.4, 0.5) is 0 Å². The maximum Gasteiger partial charge on any atom is 0.303 e. The van der Waals surface area contributed by atoms with Crippen molar-refractivity contribution in [2.24, 2.45) is 5.92 Å². The Morgan fingerprint density at radius 1 is 1.47 bits per heavy atom. The molecule has 1 saturated carbocycles. The SMILES string of the molecule is C=CC(OC(C)=O)C(O)C1CCCCC1. The summed E-state index contributed by atoms with van der Waals surface area (Å²) in [5.74, 6) is -0.115. The predicted molar refractivity (Wildman–Crippen MR) is 58.3 cm³/mol. The van der Waals surface area contributed by atoms with Crippen LogP contribution < -0.4 is 0 Å². The van der Waals surface area contributed by atoms with Crippen LogP contribution in [0.15, 0.2) is 12.7 Å². The second-order valence-corrected chi connectivity index (χ2v) is 4.20. The van der Waals surface area contributed by atoms with Crippen molar-refractivity contribution in [2.75, 3.05) is 0 Å². The van der Waals surface area contributed by atoms with Crippen LogP contribution in [-0.4, -0.2) is 23.3 Å². The quantitative estimate of drug-likeness (QED) is 0.573. The topological polar surface area (TPSA) is 46.5 Å². The van der Waals surface area contributed by atoms with E-state index in [0.29, 0.717) is 0 Å². The Kier molecular flexibility index (Phi) is 4.82. The monoisotopic (exact) mass is 212 g/mol. The van der Waals surface area contributed by atoms with Crippen molar-refractivity contribution in [2.45, 2.75) is 51.2 Å². The van der Waals surface area contributed by atoms with E-state index < -0.39 is 12.2 Å². The number of rotatable bonds is 4. The summed E-state index contributed by atoms with van der Waals surface area (Å²) in [5.41, 5.74) is 0. The summed E-state index contributed by atoms with van der Waals surface area (Å²) in [6.07, 6.45) is 5.98. The Bertz CT molecular complexity index is 219. The summed E-state index contributed by atoms with van der Waals surface area (Å²) in [6, 6.07) is 0. The molecule has 2 atom stereocenters. The van der Waals surface area contributed by atoms with E-state index >= 15 is 0 Å². The first kappa shape index (κ1) is 12.2. The molecule has 0 bridgehead atoms. The van der Waals surface area contributed by atoms with Gasteiger partial charge in [0.15, 0.2) is 0 Å². The van der Waals surface area contributed by atoms with Crippen molar-refractivity contribution in [1.82, 2.24) is 0 Å². The first-order valence-corrected chi connectivity index (χ1v) is 5.63. The number of aliphatic hydroxyl groups is 1. The molecule has 0 radical (unpaired) electrons. The standard InChI is InChI=1S/C12H20O3/c1-3-11(15-9(2)13)12(14)10-7-5-4-6-8-10/h3,10-12,14H,1,4-8H2,2H3. The summed E-state index contributed by atoms with van der Waals surface area (Å²) in [7, 11) is 0. The molecule has 15 heavy (non-hydrogen) atoms. The van der Waals surface area contributed by atoms with Crippen LogP contribution in [0.5, 0.6) is 0 Å². The van der Waals surface area contributed by atoms with Gasteiger partial charge in [-0.05, 0) is 24.8 Å². The second kappa shape index (κ2) is 5.91. The zero-order valence-corrected chi connectivity index (χ0v) is 9.32. The van der Waals surface area contributed by atoms with E-state index in [9.17, 15) is 9.90 Å². The van der Waals surface area contributed by atoms with Gasteiger partial charge in [0.05, 0.1) is 6.10 Å². The second-order valence-electron chi connectivity index (χ2n) is 4.20. The van der Waals surface area contributed by atoms with E-state index in [1.807, 2.05) is 0 Å². The highest BCUT2D eigenvalue weighted by Gasteiger charge is 2.28. The highest BCUT2D eigenvalue weighted by Crippen LogP contribution is 2.28. The number of carbonyl (C=O) groups excluding carboxylic acids is 1. The predicted octanol–water partition coefficient (Wildman–Crippen LogP) is 2.05. The average Bonchev–Trinajstić information content (AvgIpc) is 2.26. The van der Waals surface area contributed by atoms with Crippen molar-refractivity contribution in [3.8, 4) is 0 Å². The number of hydrogen-bond acceptors (Lipinski definition) is 3. The van der Waals surface area contributed by atoms with Gasteiger partial charge in [-0.3, -0.25) is 4.79 Å². The van der Waals surface area contributed by atoms with Crippen molar-refractivity contribution >= 4 is 5.97 Å². The molecule has 1 rings (SSSR count). The Balaban J connectivity index is 2.50. The lowest BCUT2D eigenvalue weighted by Gasteiger charge is -2.30. The van der Waals surface area contributed by atoms with Crippen LogP contribution in [-0.2, 0) is 9.53 Å². The smallest absolute Gasteiger partial charge is 0.303 e. The van der Waals surface area contributed by atoms with E-state index in [1.54, 1.807) is 0 Å². The number of esters is 1. The zero-order chi connectivity index (χ0) is 11.3. The summed E-state index contributed by atoms with van der Waals surface area (Å²) in [4.78, 5) is 10.8. The number of hydrogen-bond donors (Lipinski definition) is 1. The van der Waals surface area contributed by atoms with Crippen LogP contribution in [0.25, 0.3) is 0 Å². The zero-order valence-electron chi connectivity index (χ0n) is 9.32. The van der Waals surface area contributed by atoms with E-state index in [2.05, 4.69) is 6.58 Å². The van der Waals surface area contributed by atoms with Crippen LogP contribution >= 0.6 is 0 Å². The molecule has 2 unspecified atom stereocenters. The first-order valence-electron chi connectivity index (χ1n) is 5.63. The minimum Gasteiger partial charge on any atom is -0.456 e. The van der Waals surface area contributed by atoms with Gasteiger partial charge >= 0.3 is 5.97 Å². The van der Waals surface area contributed by atoms with Crippen LogP contribution in [0, 0.1) is 5.92 Å². The molecule has 3 heteroatoms. The number of ether oxygens (including phenoxy) is 1. The van der Waals surface area contributed by atoms with Crippen molar-refractivity contribution in [3.05, 3.63) is 12.7 Å². The normalized spacial score (nSPS) is 21.7. The van der Waals surface area contributed by atoms with Crippen LogP contribution in [0.1, 0.15) is 39.0 Å². The molecular weight excluding hydrogens is 192 g/mol. The molecule has 1 aliphatic rings. The van der Waals surface area contributed by atoms with E-state index in [4.69, 9.17) is 4.74 Å². The first-order chi connectivity index (χ1) is 7.15. The van der Waals surface area contributed by atoms with Crippen molar-refractivity contribution < 1.29 is 14.6 Å². The third-order valence-electron chi connectivity index (χ3n) is 3.00. The van der Waals surface area contributed by atoms with Gasteiger partial charge in [0, 0.05) is 6.92 Å². The largest absolute Gasteiger partial charge is 0.456 e. The Labute approximate surface area is 91.1 Å². The molecule has 0 aromatic rings. The van der Waals surface area contributed by atoms with Gasteiger partial charge in [-0.2, -0.15) is 0 Å². The highest BCUT2D eigenvalue weighted by atomic mass is 16.6. The molecule has 1 aliphatic carbocycles. The lowest BCUT2D eigenvalue weighted by molar-refractivity contribution is -0.151. The maximum atomic E-state index is 10.8. The molecule has 1 fully saturated rings. The fraction of sp³-hybridized carbons (Fsp3) is 0.750. The molecule has 3 nitrogen and oxygen atoms in total. The summed E-state index contributed by atoms with van der Waals surface area (Å²) in [6.45, 7) is 4.94. The van der Waals surface area contributed by atoms with Gasteiger partial charge in [0.1, 0.15) is 6.10 Å². The van der Waals surface area contributed by atoms with Gasteiger partial charge in [0.2, 0.25) is 0 Å². The third kappa shape index (κ3) is 3.67. The number of carbonyl (C=O) groups is 1.